The predicted molar refractivity (Wildman–Crippen MR) is 78.5 cm³/mol. The summed E-state index contributed by atoms with van der Waals surface area (Å²) in [6, 6.07) is 19.8. The normalized spacial score (nSPS) is 12.3. The van der Waals surface area contributed by atoms with Crippen molar-refractivity contribution in [3.63, 3.8) is 0 Å². The van der Waals surface area contributed by atoms with E-state index < -0.39 is 0 Å². The van der Waals surface area contributed by atoms with Gasteiger partial charge in [-0.25, -0.2) is 0 Å². The first-order chi connectivity index (χ1) is 8.81. The molecule has 0 bridgehead atoms. The minimum Gasteiger partial charge on any atom is -0.310 e. The van der Waals surface area contributed by atoms with Crippen LogP contribution in [0.25, 0.3) is 11.1 Å². The van der Waals surface area contributed by atoms with Crippen LogP contribution in [0.1, 0.15) is 25.8 Å². The molecule has 2 rings (SSSR count). The summed E-state index contributed by atoms with van der Waals surface area (Å²) in [6.45, 7) is 5.37. The van der Waals surface area contributed by atoms with Gasteiger partial charge in [-0.3, -0.25) is 0 Å². The van der Waals surface area contributed by atoms with Crippen molar-refractivity contribution >= 4 is 0 Å². The van der Waals surface area contributed by atoms with Crippen LogP contribution in [0.2, 0.25) is 0 Å². The average Bonchev–Trinajstić information content (AvgIpc) is 2.46. The molecule has 1 N–H and O–H groups in total. The Balaban J connectivity index is 2.21. The molecular formula is C17H21N. The van der Waals surface area contributed by atoms with Crippen molar-refractivity contribution in [1.82, 2.24) is 5.32 Å². The summed E-state index contributed by atoms with van der Waals surface area (Å²) in [5.74, 6) is 0. The number of hydrogen-bond acceptors (Lipinski definition) is 1. The van der Waals surface area contributed by atoms with Crippen molar-refractivity contribution in [3.8, 4) is 11.1 Å². The van der Waals surface area contributed by atoms with E-state index in [1.807, 2.05) is 0 Å². The minimum absolute atomic E-state index is 0.564. The van der Waals surface area contributed by atoms with E-state index in [1.54, 1.807) is 0 Å². The van der Waals surface area contributed by atoms with Gasteiger partial charge in [-0.15, -0.1) is 0 Å². The maximum absolute atomic E-state index is 3.56. The van der Waals surface area contributed by atoms with E-state index >= 15 is 0 Å². The standard InChI is InChI=1S/C17H21N/c1-3-14(2)18-13-16-11-7-8-12-17(16)15-9-5-4-6-10-15/h4-12,14,18H,3,13H2,1-2H3. The van der Waals surface area contributed by atoms with Gasteiger partial charge in [0.25, 0.3) is 0 Å². The molecular weight excluding hydrogens is 218 g/mol. The quantitative estimate of drug-likeness (QED) is 0.822. The molecule has 0 heterocycles. The van der Waals surface area contributed by atoms with Crippen molar-refractivity contribution in [1.29, 1.82) is 0 Å². The lowest BCUT2D eigenvalue weighted by atomic mass is 9.99. The van der Waals surface area contributed by atoms with Crippen LogP contribution < -0.4 is 5.32 Å². The Labute approximate surface area is 110 Å². The Kier molecular flexibility index (Phi) is 4.54. The van der Waals surface area contributed by atoms with Crippen LogP contribution >= 0.6 is 0 Å². The third kappa shape index (κ3) is 3.21. The third-order valence-electron chi connectivity index (χ3n) is 3.36. The van der Waals surface area contributed by atoms with Gasteiger partial charge in [0.05, 0.1) is 0 Å². The fraction of sp³-hybridized carbons (Fsp3) is 0.294. The minimum atomic E-state index is 0.564. The van der Waals surface area contributed by atoms with E-state index in [0.29, 0.717) is 6.04 Å². The van der Waals surface area contributed by atoms with Crippen molar-refractivity contribution in [2.75, 3.05) is 0 Å². The summed E-state index contributed by atoms with van der Waals surface area (Å²) in [4.78, 5) is 0. The Morgan fingerprint density at radius 3 is 2.33 bits per heavy atom. The summed E-state index contributed by atoms with van der Waals surface area (Å²) in [6.07, 6.45) is 1.16. The van der Waals surface area contributed by atoms with Gasteiger partial charge in [0.2, 0.25) is 0 Å². The molecule has 1 heteroatoms. The summed E-state index contributed by atoms with van der Waals surface area (Å²) in [7, 11) is 0. The Hall–Kier alpha value is -1.60. The van der Waals surface area contributed by atoms with Gasteiger partial charge >= 0.3 is 0 Å². The molecule has 0 amide bonds. The molecule has 1 atom stereocenters. The molecule has 0 aliphatic rings. The van der Waals surface area contributed by atoms with Gasteiger partial charge in [-0.1, -0.05) is 61.5 Å². The van der Waals surface area contributed by atoms with Crippen LogP contribution in [-0.4, -0.2) is 6.04 Å². The zero-order valence-corrected chi connectivity index (χ0v) is 11.2. The molecule has 2 aromatic rings. The first-order valence-electron chi connectivity index (χ1n) is 6.68. The summed E-state index contributed by atoms with van der Waals surface area (Å²) < 4.78 is 0. The molecule has 0 saturated carbocycles. The third-order valence-corrected chi connectivity index (χ3v) is 3.36. The zero-order chi connectivity index (χ0) is 12.8. The molecule has 0 saturated heterocycles. The van der Waals surface area contributed by atoms with Gasteiger partial charge in [0, 0.05) is 12.6 Å². The molecule has 0 spiro atoms. The highest BCUT2D eigenvalue weighted by atomic mass is 14.9. The zero-order valence-electron chi connectivity index (χ0n) is 11.2. The van der Waals surface area contributed by atoms with Crippen molar-refractivity contribution < 1.29 is 0 Å². The highest BCUT2D eigenvalue weighted by molar-refractivity contribution is 5.67. The summed E-state index contributed by atoms with van der Waals surface area (Å²) >= 11 is 0. The fourth-order valence-electron chi connectivity index (χ4n) is 2.00. The van der Waals surface area contributed by atoms with Crippen LogP contribution in [0, 0.1) is 0 Å². The first-order valence-corrected chi connectivity index (χ1v) is 6.68. The van der Waals surface area contributed by atoms with E-state index in [0.717, 1.165) is 13.0 Å². The Morgan fingerprint density at radius 1 is 0.944 bits per heavy atom. The molecule has 0 fully saturated rings. The second-order valence-electron chi connectivity index (χ2n) is 4.71. The van der Waals surface area contributed by atoms with Crippen LogP contribution in [0.5, 0.6) is 0 Å². The van der Waals surface area contributed by atoms with E-state index in [2.05, 4.69) is 73.8 Å². The molecule has 0 aromatic heterocycles. The molecule has 18 heavy (non-hydrogen) atoms. The number of benzene rings is 2. The fourth-order valence-corrected chi connectivity index (χ4v) is 2.00. The molecule has 2 aromatic carbocycles. The average molecular weight is 239 g/mol. The molecule has 1 nitrogen and oxygen atoms in total. The SMILES string of the molecule is CCC(C)NCc1ccccc1-c1ccccc1. The molecule has 0 aliphatic carbocycles. The second-order valence-corrected chi connectivity index (χ2v) is 4.71. The van der Waals surface area contributed by atoms with Gasteiger partial charge < -0.3 is 5.32 Å². The van der Waals surface area contributed by atoms with Gasteiger partial charge in [0.15, 0.2) is 0 Å². The molecule has 0 radical (unpaired) electrons. The Bertz CT molecular complexity index is 476. The van der Waals surface area contributed by atoms with Crippen LogP contribution in [0.15, 0.2) is 54.6 Å². The predicted octanol–water partition coefficient (Wildman–Crippen LogP) is 4.24. The van der Waals surface area contributed by atoms with Crippen LogP contribution in [0.3, 0.4) is 0 Å². The lowest BCUT2D eigenvalue weighted by molar-refractivity contribution is 0.534. The molecule has 1 unspecified atom stereocenters. The van der Waals surface area contributed by atoms with Crippen molar-refractivity contribution in [3.05, 3.63) is 60.2 Å². The number of nitrogens with one attached hydrogen (secondary N) is 1. The van der Waals surface area contributed by atoms with Gasteiger partial charge in [0.1, 0.15) is 0 Å². The van der Waals surface area contributed by atoms with Crippen LogP contribution in [0.4, 0.5) is 0 Å². The topological polar surface area (TPSA) is 12.0 Å². The van der Waals surface area contributed by atoms with E-state index in [4.69, 9.17) is 0 Å². The van der Waals surface area contributed by atoms with E-state index in [9.17, 15) is 0 Å². The maximum atomic E-state index is 3.56. The van der Waals surface area contributed by atoms with Crippen LogP contribution in [-0.2, 0) is 6.54 Å². The summed E-state index contributed by atoms with van der Waals surface area (Å²) in [5, 5.41) is 3.56. The largest absolute Gasteiger partial charge is 0.310 e. The monoisotopic (exact) mass is 239 g/mol. The maximum Gasteiger partial charge on any atom is 0.0214 e. The lowest BCUT2D eigenvalue weighted by Crippen LogP contribution is -2.24. The van der Waals surface area contributed by atoms with Crippen molar-refractivity contribution in [2.45, 2.75) is 32.9 Å². The van der Waals surface area contributed by atoms with Gasteiger partial charge in [-0.05, 0) is 30.0 Å². The second kappa shape index (κ2) is 6.36. The van der Waals surface area contributed by atoms with E-state index in [1.165, 1.54) is 16.7 Å². The molecule has 0 aliphatic heterocycles. The highest BCUT2D eigenvalue weighted by Gasteiger charge is 2.05. The van der Waals surface area contributed by atoms with Crippen molar-refractivity contribution in [2.24, 2.45) is 0 Å². The number of hydrogen-bond donors (Lipinski definition) is 1. The first kappa shape index (κ1) is 12.8. The van der Waals surface area contributed by atoms with Gasteiger partial charge in [-0.2, -0.15) is 0 Å². The smallest absolute Gasteiger partial charge is 0.0214 e. The molecule has 94 valence electrons. The lowest BCUT2D eigenvalue weighted by Gasteiger charge is -2.14. The Morgan fingerprint density at radius 2 is 1.61 bits per heavy atom. The number of rotatable bonds is 5. The van der Waals surface area contributed by atoms with E-state index in [-0.39, 0.29) is 0 Å². The highest BCUT2D eigenvalue weighted by Crippen LogP contribution is 2.23. The summed E-state index contributed by atoms with van der Waals surface area (Å²) in [5.41, 5.74) is 3.98.